The minimum Gasteiger partial charge on any atom is -0.465 e. The minimum atomic E-state index is -3.12. The third-order valence-electron chi connectivity index (χ3n) is 6.33. The van der Waals surface area contributed by atoms with Crippen molar-refractivity contribution in [3.05, 3.63) is 121 Å². The minimum absolute atomic E-state index is 0.0800. The highest BCUT2D eigenvalue weighted by Crippen LogP contribution is 2.46. The van der Waals surface area contributed by atoms with Crippen molar-refractivity contribution in [3.63, 3.8) is 0 Å². The first-order valence-corrected chi connectivity index (χ1v) is 15.3. The fourth-order valence-corrected chi connectivity index (χ4v) is 9.07. The lowest BCUT2D eigenvalue weighted by molar-refractivity contribution is -0.133. The van der Waals surface area contributed by atoms with Crippen molar-refractivity contribution in [3.8, 4) is 0 Å². The third-order valence-corrected chi connectivity index (χ3v) is 11.3. The Morgan fingerprint density at radius 1 is 0.725 bits per heavy atom. The Morgan fingerprint density at radius 3 is 1.52 bits per heavy atom. The molecular weight excluding hydrogens is 586 g/mol. The van der Waals surface area contributed by atoms with Crippen molar-refractivity contribution in [2.75, 3.05) is 12.4 Å². The summed E-state index contributed by atoms with van der Waals surface area (Å²) >= 11 is 19.0. The zero-order chi connectivity index (χ0) is 28.8. The van der Waals surface area contributed by atoms with E-state index >= 15 is 0 Å². The van der Waals surface area contributed by atoms with Gasteiger partial charge in [-0.1, -0.05) is 143 Å². The highest BCUT2D eigenvalue weighted by Gasteiger charge is 2.41. The average molecular weight is 614 g/mol. The molecule has 0 bridgehead atoms. The molecule has 5 nitrogen and oxygen atoms in total. The summed E-state index contributed by atoms with van der Waals surface area (Å²) in [5.41, 5.74) is 1.67. The number of anilines is 1. The first-order chi connectivity index (χ1) is 19.2. The molecule has 0 unspecified atom stereocenters. The number of ether oxygens (including phenoxy) is 1. The van der Waals surface area contributed by atoms with Crippen LogP contribution in [0.5, 0.6) is 0 Å². The Kier molecular flexibility index (Phi) is 9.65. The molecule has 0 aromatic heterocycles. The molecule has 40 heavy (non-hydrogen) atoms. The van der Waals surface area contributed by atoms with Crippen LogP contribution >= 0.6 is 41.7 Å². The van der Waals surface area contributed by atoms with E-state index in [-0.39, 0.29) is 5.29 Å². The first-order valence-electron chi connectivity index (χ1n) is 12.4. The second kappa shape index (κ2) is 13.0. The fraction of sp³-hybridized carbons (Fsp3) is 0.129. The summed E-state index contributed by atoms with van der Waals surface area (Å²) in [6, 6.07) is 35.9. The molecule has 1 amide bonds. The SMILES string of the molecule is COC(=O)C(C(=O)N[C@@H](Nc1ccc(C)cc1)C(Cl)(Cl)Cl)=P(c1ccccc1)(c1ccccc1)c1ccccc1. The molecule has 9 heteroatoms. The van der Waals surface area contributed by atoms with Crippen molar-refractivity contribution in [1.29, 1.82) is 0 Å². The molecule has 4 aromatic carbocycles. The molecule has 0 saturated carbocycles. The molecule has 0 aliphatic carbocycles. The highest BCUT2D eigenvalue weighted by molar-refractivity contribution is 7.97. The lowest BCUT2D eigenvalue weighted by Gasteiger charge is -2.33. The zero-order valence-electron chi connectivity index (χ0n) is 21.9. The molecule has 0 spiro atoms. The molecule has 206 valence electrons. The number of hydrogen-bond donors (Lipinski definition) is 2. The van der Waals surface area contributed by atoms with Crippen LogP contribution in [-0.2, 0) is 14.3 Å². The smallest absolute Gasteiger partial charge is 0.344 e. The molecule has 0 radical (unpaired) electrons. The normalized spacial score (nSPS) is 12.2. The number of methoxy groups -OCH3 is 1. The topological polar surface area (TPSA) is 67.4 Å². The van der Waals surface area contributed by atoms with Gasteiger partial charge in [-0.05, 0) is 41.9 Å². The molecule has 0 fully saturated rings. The Labute approximate surface area is 249 Å². The second-order valence-electron chi connectivity index (χ2n) is 8.98. The van der Waals surface area contributed by atoms with E-state index in [1.54, 1.807) is 0 Å². The largest absolute Gasteiger partial charge is 0.465 e. The fourth-order valence-electron chi connectivity index (χ4n) is 4.48. The van der Waals surface area contributed by atoms with Crippen LogP contribution < -0.4 is 26.5 Å². The van der Waals surface area contributed by atoms with Gasteiger partial charge >= 0.3 is 5.97 Å². The van der Waals surface area contributed by atoms with Crippen LogP contribution in [0, 0.1) is 6.92 Å². The third kappa shape index (κ3) is 6.40. The molecule has 0 heterocycles. The number of halogens is 3. The second-order valence-corrected chi connectivity index (χ2v) is 14.7. The van der Waals surface area contributed by atoms with Gasteiger partial charge < -0.3 is 15.4 Å². The van der Waals surface area contributed by atoms with Gasteiger partial charge in [0.25, 0.3) is 5.91 Å². The van der Waals surface area contributed by atoms with Crippen LogP contribution in [0.15, 0.2) is 115 Å². The Balaban J connectivity index is 2.02. The van der Waals surface area contributed by atoms with Crippen molar-refractivity contribution in [1.82, 2.24) is 5.32 Å². The maximum atomic E-state index is 14.4. The molecule has 1 atom stereocenters. The first kappa shape index (κ1) is 29.8. The van der Waals surface area contributed by atoms with Gasteiger partial charge in [-0.3, -0.25) is 4.79 Å². The van der Waals surface area contributed by atoms with E-state index in [1.165, 1.54) is 7.11 Å². The van der Waals surface area contributed by atoms with Crippen LogP contribution in [0.3, 0.4) is 0 Å². The van der Waals surface area contributed by atoms with Crippen molar-refractivity contribution < 1.29 is 14.3 Å². The molecule has 4 aromatic rings. The van der Waals surface area contributed by atoms with Crippen LogP contribution in [0.25, 0.3) is 0 Å². The maximum Gasteiger partial charge on any atom is 0.344 e. The molecule has 4 rings (SSSR count). The van der Waals surface area contributed by atoms with Gasteiger partial charge in [0.05, 0.1) is 7.11 Å². The summed E-state index contributed by atoms with van der Waals surface area (Å²) in [6.45, 7) is -1.16. The van der Waals surface area contributed by atoms with E-state index in [1.807, 2.05) is 122 Å². The number of carbonyl (C=O) groups excluding carboxylic acids is 2. The summed E-state index contributed by atoms with van der Waals surface area (Å²) in [4.78, 5) is 28.1. The van der Waals surface area contributed by atoms with Gasteiger partial charge in [0, 0.05) is 5.69 Å². The predicted molar refractivity (Wildman–Crippen MR) is 169 cm³/mol. The monoisotopic (exact) mass is 612 g/mol. The quantitative estimate of drug-likeness (QED) is 0.0898. The number of esters is 1. The summed E-state index contributed by atoms with van der Waals surface area (Å²) in [7, 11) is 1.25. The van der Waals surface area contributed by atoms with E-state index in [4.69, 9.17) is 39.5 Å². The number of nitrogens with one attached hydrogen (secondary N) is 2. The lowest BCUT2D eigenvalue weighted by Crippen LogP contribution is -2.53. The van der Waals surface area contributed by atoms with Gasteiger partial charge in [0.1, 0.15) is 11.5 Å². The summed E-state index contributed by atoms with van der Waals surface area (Å²) in [6.07, 6.45) is -1.18. The van der Waals surface area contributed by atoms with Crippen molar-refractivity contribution >= 4 is 80.5 Å². The lowest BCUT2D eigenvalue weighted by atomic mass is 10.2. The Bertz CT molecular complexity index is 1410. The average Bonchev–Trinajstić information content (AvgIpc) is 2.97. The molecule has 0 aliphatic rings. The summed E-state index contributed by atoms with van der Waals surface area (Å²) in [5, 5.41) is 8.17. The highest BCUT2D eigenvalue weighted by atomic mass is 35.6. The van der Waals surface area contributed by atoms with E-state index < -0.39 is 28.7 Å². The van der Waals surface area contributed by atoms with Crippen LogP contribution in [-0.4, -0.2) is 34.2 Å². The van der Waals surface area contributed by atoms with E-state index in [2.05, 4.69) is 10.6 Å². The van der Waals surface area contributed by atoms with Gasteiger partial charge in [0.2, 0.25) is 3.79 Å². The number of hydrogen-bond acceptors (Lipinski definition) is 4. The van der Waals surface area contributed by atoms with Gasteiger partial charge in [-0.15, -0.1) is 0 Å². The predicted octanol–water partition coefficient (Wildman–Crippen LogP) is 5.56. The zero-order valence-corrected chi connectivity index (χ0v) is 25.0. The standard InChI is InChI=1S/C31H28Cl3N2O3P/c1-22-18-20-23(21-19-22)35-30(31(32,33)34)36-28(37)27(29(38)39-2)40(24-12-6-3-7-13-24,25-14-8-4-9-15-25)26-16-10-5-11-17-26/h3-21,30,35H,1-2H3,(H,36,37)/t30-/m1/s1. The Morgan fingerprint density at radius 2 is 1.15 bits per heavy atom. The van der Waals surface area contributed by atoms with Crippen molar-refractivity contribution in [2.45, 2.75) is 16.9 Å². The summed E-state index contributed by atoms with van der Waals surface area (Å²) < 4.78 is 3.31. The maximum absolute atomic E-state index is 14.4. The Hall–Kier alpha value is -3.21. The van der Waals surface area contributed by atoms with Gasteiger partial charge in [-0.25, -0.2) is 4.79 Å². The number of carbonyl (C=O) groups is 2. The molecular formula is C31H28Cl3N2O3P. The van der Waals surface area contributed by atoms with Gasteiger partial charge in [-0.2, -0.15) is 0 Å². The number of amides is 1. The van der Waals surface area contributed by atoms with E-state index in [0.29, 0.717) is 5.69 Å². The molecule has 0 aliphatic heterocycles. The van der Waals surface area contributed by atoms with Crippen molar-refractivity contribution in [2.24, 2.45) is 0 Å². The van der Waals surface area contributed by atoms with Crippen LogP contribution in [0.1, 0.15) is 5.56 Å². The van der Waals surface area contributed by atoms with E-state index in [0.717, 1.165) is 21.5 Å². The number of alkyl halides is 3. The van der Waals surface area contributed by atoms with Crippen LogP contribution in [0.2, 0.25) is 0 Å². The molecule has 0 saturated heterocycles. The summed E-state index contributed by atoms with van der Waals surface area (Å²) in [5.74, 6) is -1.49. The van der Waals surface area contributed by atoms with Crippen LogP contribution in [0.4, 0.5) is 5.69 Å². The molecule has 2 N–H and O–H groups in total. The number of benzene rings is 4. The number of rotatable bonds is 8. The number of aryl methyl sites for hydroxylation is 1. The van der Waals surface area contributed by atoms with E-state index in [9.17, 15) is 9.59 Å². The van der Waals surface area contributed by atoms with Gasteiger partial charge in [0.15, 0.2) is 0 Å².